The van der Waals surface area contributed by atoms with Gasteiger partial charge in [-0.25, -0.2) is 0 Å². The van der Waals surface area contributed by atoms with Crippen LogP contribution in [-0.2, 0) is 4.79 Å². The van der Waals surface area contributed by atoms with Gasteiger partial charge >= 0.3 is 0 Å². The number of benzene rings is 1. The minimum absolute atomic E-state index is 0.113. The Morgan fingerprint density at radius 1 is 1.36 bits per heavy atom. The van der Waals surface area contributed by atoms with Crippen molar-refractivity contribution in [2.45, 2.75) is 19.4 Å². The highest BCUT2D eigenvalue weighted by Gasteiger charge is 2.32. The summed E-state index contributed by atoms with van der Waals surface area (Å²) in [5.41, 5.74) is 0.435. The van der Waals surface area contributed by atoms with Gasteiger partial charge in [-0.3, -0.25) is 9.59 Å². The zero-order valence-corrected chi connectivity index (χ0v) is 14.4. The van der Waals surface area contributed by atoms with Gasteiger partial charge in [-0.05, 0) is 34.5 Å². The predicted octanol–water partition coefficient (Wildman–Crippen LogP) is 1.82. The highest BCUT2D eigenvalue weighted by molar-refractivity contribution is 9.10. The standard InChI is InChI=1S/C15H19BrN2O4/c1-4-10-14(19)17-5-6-18(10)15(20)9-7-11(21-2)13(16)12(8-9)22-3/h7-8,10H,4-6H2,1-3H3,(H,17,19)/t10-/m0/s1. The summed E-state index contributed by atoms with van der Waals surface area (Å²) < 4.78 is 11.2. The van der Waals surface area contributed by atoms with Crippen molar-refractivity contribution in [2.24, 2.45) is 0 Å². The first kappa shape index (κ1) is 16.6. The Bertz CT molecular complexity index is 566. The first-order valence-electron chi connectivity index (χ1n) is 7.03. The van der Waals surface area contributed by atoms with Gasteiger partial charge in [0.05, 0.1) is 14.2 Å². The third kappa shape index (κ3) is 3.04. The van der Waals surface area contributed by atoms with Crippen LogP contribution in [0.1, 0.15) is 23.7 Å². The number of hydrogen-bond acceptors (Lipinski definition) is 4. The van der Waals surface area contributed by atoms with Gasteiger partial charge in [-0.2, -0.15) is 0 Å². The first-order valence-corrected chi connectivity index (χ1v) is 7.83. The van der Waals surface area contributed by atoms with Gasteiger partial charge < -0.3 is 19.7 Å². The lowest BCUT2D eigenvalue weighted by molar-refractivity contribution is -0.127. The lowest BCUT2D eigenvalue weighted by Crippen LogP contribution is -2.56. The molecule has 0 saturated carbocycles. The minimum Gasteiger partial charge on any atom is -0.495 e. The van der Waals surface area contributed by atoms with Crippen LogP contribution in [0, 0.1) is 0 Å². The molecule has 1 fully saturated rings. The maximum absolute atomic E-state index is 12.8. The molecule has 0 aromatic heterocycles. The van der Waals surface area contributed by atoms with Gasteiger partial charge in [0.1, 0.15) is 22.0 Å². The molecule has 1 N–H and O–H groups in total. The van der Waals surface area contributed by atoms with Gasteiger partial charge in [-0.1, -0.05) is 6.92 Å². The van der Waals surface area contributed by atoms with Crippen molar-refractivity contribution < 1.29 is 19.1 Å². The van der Waals surface area contributed by atoms with E-state index in [9.17, 15) is 9.59 Å². The van der Waals surface area contributed by atoms with E-state index in [1.165, 1.54) is 14.2 Å². The van der Waals surface area contributed by atoms with Crippen LogP contribution in [0.15, 0.2) is 16.6 Å². The summed E-state index contributed by atoms with van der Waals surface area (Å²) in [6.07, 6.45) is 0.572. The van der Waals surface area contributed by atoms with E-state index in [4.69, 9.17) is 9.47 Å². The minimum atomic E-state index is -0.443. The fourth-order valence-corrected chi connectivity index (χ4v) is 3.07. The van der Waals surface area contributed by atoms with Crippen LogP contribution in [0.5, 0.6) is 11.5 Å². The quantitative estimate of drug-likeness (QED) is 0.877. The lowest BCUT2D eigenvalue weighted by Gasteiger charge is -2.34. The van der Waals surface area contributed by atoms with Gasteiger partial charge in [-0.15, -0.1) is 0 Å². The molecule has 1 aliphatic heterocycles. The molecule has 0 radical (unpaired) electrons. The Labute approximate surface area is 137 Å². The summed E-state index contributed by atoms with van der Waals surface area (Å²) in [5.74, 6) is 0.707. The number of amides is 2. The summed E-state index contributed by atoms with van der Waals surface area (Å²) in [4.78, 5) is 26.3. The largest absolute Gasteiger partial charge is 0.495 e. The van der Waals surface area contributed by atoms with E-state index in [-0.39, 0.29) is 11.8 Å². The van der Waals surface area contributed by atoms with E-state index < -0.39 is 6.04 Å². The van der Waals surface area contributed by atoms with Crippen molar-refractivity contribution in [2.75, 3.05) is 27.3 Å². The Hall–Kier alpha value is -1.76. The van der Waals surface area contributed by atoms with Crippen molar-refractivity contribution in [1.82, 2.24) is 10.2 Å². The van der Waals surface area contributed by atoms with Crippen molar-refractivity contribution in [3.63, 3.8) is 0 Å². The fourth-order valence-electron chi connectivity index (χ4n) is 2.52. The van der Waals surface area contributed by atoms with Gasteiger partial charge in [0.15, 0.2) is 0 Å². The molecule has 0 unspecified atom stereocenters. The molecule has 120 valence electrons. The van der Waals surface area contributed by atoms with Crippen LogP contribution in [-0.4, -0.2) is 50.1 Å². The molecule has 1 aliphatic rings. The molecule has 7 heteroatoms. The van der Waals surface area contributed by atoms with E-state index in [2.05, 4.69) is 21.2 Å². The third-order valence-electron chi connectivity index (χ3n) is 3.67. The van der Waals surface area contributed by atoms with Crippen LogP contribution in [0.3, 0.4) is 0 Å². The van der Waals surface area contributed by atoms with Crippen molar-refractivity contribution >= 4 is 27.7 Å². The highest BCUT2D eigenvalue weighted by atomic mass is 79.9. The number of halogens is 1. The molecule has 0 bridgehead atoms. The van der Waals surface area contributed by atoms with Crippen molar-refractivity contribution in [3.8, 4) is 11.5 Å². The van der Waals surface area contributed by atoms with E-state index in [1.807, 2.05) is 6.92 Å². The summed E-state index contributed by atoms with van der Waals surface area (Å²) >= 11 is 3.38. The van der Waals surface area contributed by atoms with Gasteiger partial charge in [0.25, 0.3) is 5.91 Å². The average molecular weight is 371 g/mol. The number of ether oxygens (including phenoxy) is 2. The molecule has 1 heterocycles. The summed E-state index contributed by atoms with van der Waals surface area (Å²) in [5, 5.41) is 2.78. The van der Waals surface area contributed by atoms with Crippen LogP contribution < -0.4 is 14.8 Å². The van der Waals surface area contributed by atoms with Crippen molar-refractivity contribution in [3.05, 3.63) is 22.2 Å². The molecule has 2 amide bonds. The number of piperazine rings is 1. The number of nitrogens with one attached hydrogen (secondary N) is 1. The predicted molar refractivity (Wildman–Crippen MR) is 85.4 cm³/mol. The topological polar surface area (TPSA) is 67.9 Å². The fraction of sp³-hybridized carbons (Fsp3) is 0.467. The second-order valence-electron chi connectivity index (χ2n) is 4.91. The summed E-state index contributed by atoms with van der Waals surface area (Å²) in [7, 11) is 3.05. The van der Waals surface area contributed by atoms with Crippen LogP contribution in [0.4, 0.5) is 0 Å². The van der Waals surface area contributed by atoms with Gasteiger partial charge in [0, 0.05) is 18.7 Å². The molecule has 22 heavy (non-hydrogen) atoms. The van der Waals surface area contributed by atoms with E-state index in [0.717, 1.165) is 0 Å². The Kier molecular flexibility index (Phi) is 5.28. The SMILES string of the molecule is CC[C@H]1C(=O)NCCN1C(=O)c1cc(OC)c(Br)c(OC)c1. The normalized spacial score (nSPS) is 17.9. The van der Waals surface area contributed by atoms with E-state index in [0.29, 0.717) is 41.0 Å². The first-order chi connectivity index (χ1) is 10.5. The zero-order valence-electron chi connectivity index (χ0n) is 12.8. The second-order valence-corrected chi connectivity index (χ2v) is 5.70. The van der Waals surface area contributed by atoms with Crippen LogP contribution >= 0.6 is 15.9 Å². The molecule has 0 spiro atoms. The Balaban J connectivity index is 2.38. The molecule has 1 saturated heterocycles. The van der Waals surface area contributed by atoms with E-state index >= 15 is 0 Å². The molecular formula is C15H19BrN2O4. The monoisotopic (exact) mass is 370 g/mol. The van der Waals surface area contributed by atoms with Gasteiger partial charge in [0.2, 0.25) is 5.91 Å². The third-order valence-corrected chi connectivity index (χ3v) is 4.45. The zero-order chi connectivity index (χ0) is 16.3. The van der Waals surface area contributed by atoms with E-state index in [1.54, 1.807) is 17.0 Å². The molecule has 1 atom stereocenters. The highest BCUT2D eigenvalue weighted by Crippen LogP contribution is 2.36. The average Bonchev–Trinajstić information content (AvgIpc) is 2.54. The summed E-state index contributed by atoms with van der Waals surface area (Å²) in [6, 6.07) is 2.85. The number of nitrogens with zero attached hydrogens (tertiary/aromatic N) is 1. The number of carbonyl (C=O) groups is 2. The lowest BCUT2D eigenvalue weighted by atomic mass is 10.1. The molecule has 1 aromatic rings. The molecule has 6 nitrogen and oxygen atoms in total. The molecule has 2 rings (SSSR count). The number of carbonyl (C=O) groups excluding carboxylic acids is 2. The van der Waals surface area contributed by atoms with Crippen LogP contribution in [0.2, 0.25) is 0 Å². The summed E-state index contributed by atoms with van der Waals surface area (Å²) in [6.45, 7) is 2.84. The molecule has 0 aliphatic carbocycles. The Morgan fingerprint density at radius 3 is 2.45 bits per heavy atom. The number of hydrogen-bond donors (Lipinski definition) is 1. The van der Waals surface area contributed by atoms with Crippen molar-refractivity contribution in [1.29, 1.82) is 0 Å². The molecular weight excluding hydrogens is 352 g/mol. The second kappa shape index (κ2) is 7.00. The molecule has 1 aromatic carbocycles. The maximum Gasteiger partial charge on any atom is 0.254 e. The Morgan fingerprint density at radius 2 is 1.95 bits per heavy atom. The maximum atomic E-state index is 12.8. The smallest absolute Gasteiger partial charge is 0.254 e. The van der Waals surface area contributed by atoms with Crippen LogP contribution in [0.25, 0.3) is 0 Å². The number of rotatable bonds is 4. The number of methoxy groups -OCH3 is 2.